The summed E-state index contributed by atoms with van der Waals surface area (Å²) in [7, 11) is 0. The molecule has 1 aliphatic rings. The zero-order chi connectivity index (χ0) is 25.4. The maximum absolute atomic E-state index is 12.8. The van der Waals surface area contributed by atoms with Crippen molar-refractivity contribution in [1.82, 2.24) is 14.9 Å². The Morgan fingerprint density at radius 2 is 1.86 bits per heavy atom. The van der Waals surface area contributed by atoms with E-state index in [4.69, 9.17) is 11.6 Å². The third kappa shape index (κ3) is 6.09. The number of alkyl halides is 3. The monoisotopic (exact) mass is 502 g/mol. The Morgan fingerprint density at radius 1 is 1.17 bits per heavy atom. The molecule has 35 heavy (non-hydrogen) atoms. The number of halogens is 3. The molecule has 4 rings (SSSR count). The van der Waals surface area contributed by atoms with Crippen LogP contribution >= 0.6 is 11.6 Å². The lowest BCUT2D eigenvalue weighted by Crippen LogP contribution is -2.38. The third-order valence-corrected chi connectivity index (χ3v) is 5.16. The first kappa shape index (κ1) is 24.5. The summed E-state index contributed by atoms with van der Waals surface area (Å²) in [5.41, 5.74) is -2.04. The summed E-state index contributed by atoms with van der Waals surface area (Å²) in [4.78, 5) is 35.5. The van der Waals surface area contributed by atoms with Gasteiger partial charge < -0.3 is 20.1 Å². The zero-order valence-electron chi connectivity index (χ0n) is 18.8. The smallest absolute Gasteiger partial charge is 0.420 e. The molecule has 2 N–H and O–H groups in total. The predicted octanol–water partition coefficient (Wildman–Crippen LogP) is 4.29. The van der Waals surface area contributed by atoms with Crippen molar-refractivity contribution in [2.24, 2.45) is 0 Å². The maximum Gasteiger partial charge on any atom is 0.487 e. The number of aromatic nitrogens is 2. The molecule has 3 aromatic rings. The Kier molecular flexibility index (Phi) is 6.44. The number of hydrogen-bond donors (Lipinski definition) is 2. The molecule has 11 heteroatoms. The van der Waals surface area contributed by atoms with Crippen molar-refractivity contribution in [3.05, 3.63) is 71.8 Å². The van der Waals surface area contributed by atoms with E-state index in [0.717, 1.165) is 0 Å². The van der Waals surface area contributed by atoms with Crippen molar-refractivity contribution in [2.75, 3.05) is 11.9 Å². The summed E-state index contributed by atoms with van der Waals surface area (Å²) >= 11 is 4.74. The van der Waals surface area contributed by atoms with Gasteiger partial charge in [0.15, 0.2) is 0 Å². The van der Waals surface area contributed by atoms with Crippen LogP contribution in [0.3, 0.4) is 0 Å². The van der Waals surface area contributed by atoms with Crippen molar-refractivity contribution in [3.63, 3.8) is 0 Å². The lowest BCUT2D eigenvalue weighted by atomic mass is 10.0. The van der Waals surface area contributed by atoms with Gasteiger partial charge in [-0.15, -0.1) is 8.78 Å². The first-order chi connectivity index (χ1) is 16.4. The lowest BCUT2D eigenvalue weighted by Gasteiger charge is -2.24. The van der Waals surface area contributed by atoms with Crippen LogP contribution in [-0.4, -0.2) is 49.5 Å². The molecule has 2 aromatic heterocycles. The standard InChI is InChI=1S/C24H21ClF2N4O4/c1-23(2,34)13-31-12-20-19(22(31)33)8-15(11-29-20)14-7-16(10-28-9-14)21(32)30-17-3-5-18(6-4-17)35-24(25,26)27/h3-11,34H,12-13H2,1-2H3,(H,30,32). The summed E-state index contributed by atoms with van der Waals surface area (Å²) < 4.78 is 29.7. The van der Waals surface area contributed by atoms with Gasteiger partial charge >= 0.3 is 5.57 Å². The van der Waals surface area contributed by atoms with Crippen LogP contribution < -0.4 is 10.1 Å². The predicted molar refractivity (Wildman–Crippen MR) is 124 cm³/mol. The minimum atomic E-state index is -3.83. The zero-order valence-corrected chi connectivity index (χ0v) is 19.5. The van der Waals surface area contributed by atoms with Gasteiger partial charge in [0.1, 0.15) is 5.75 Å². The van der Waals surface area contributed by atoms with Crippen molar-refractivity contribution >= 4 is 29.1 Å². The van der Waals surface area contributed by atoms with E-state index in [2.05, 4.69) is 20.0 Å². The van der Waals surface area contributed by atoms with Gasteiger partial charge in [-0.3, -0.25) is 19.6 Å². The number of carbonyl (C=O) groups is 2. The van der Waals surface area contributed by atoms with E-state index in [-0.39, 0.29) is 23.8 Å². The number of β-amino-alcohol motifs (C(OH)–C–C–N with tert-alkyl or cyclic N) is 1. The Morgan fingerprint density at radius 3 is 2.51 bits per heavy atom. The molecule has 0 unspecified atom stereocenters. The Hall–Kier alpha value is -3.63. The Labute approximate surface area is 204 Å². The van der Waals surface area contributed by atoms with Gasteiger partial charge in [0.2, 0.25) is 0 Å². The molecule has 182 valence electrons. The number of hydrogen-bond acceptors (Lipinski definition) is 6. The molecule has 0 saturated heterocycles. The van der Waals surface area contributed by atoms with Gasteiger partial charge in [0.25, 0.3) is 11.8 Å². The second-order valence-electron chi connectivity index (χ2n) is 8.68. The molecule has 0 bridgehead atoms. The van der Waals surface area contributed by atoms with Crippen LogP contribution in [0.25, 0.3) is 11.1 Å². The molecule has 0 aliphatic carbocycles. The number of rotatable bonds is 7. The molecule has 0 saturated carbocycles. The van der Waals surface area contributed by atoms with Gasteiger partial charge in [0.05, 0.1) is 29.0 Å². The minimum absolute atomic E-state index is 0.161. The van der Waals surface area contributed by atoms with Crippen molar-refractivity contribution < 1.29 is 28.2 Å². The van der Waals surface area contributed by atoms with E-state index < -0.39 is 17.1 Å². The fraction of sp³-hybridized carbons (Fsp3) is 0.250. The van der Waals surface area contributed by atoms with E-state index in [1.54, 1.807) is 38.4 Å². The van der Waals surface area contributed by atoms with Crippen LogP contribution in [0.2, 0.25) is 0 Å². The van der Waals surface area contributed by atoms with Gasteiger partial charge in [-0.2, -0.15) is 0 Å². The van der Waals surface area contributed by atoms with Crippen LogP contribution in [0.1, 0.15) is 40.3 Å². The van der Waals surface area contributed by atoms with Crippen LogP contribution in [-0.2, 0) is 6.54 Å². The summed E-state index contributed by atoms with van der Waals surface area (Å²) in [5, 5.41) is 12.7. The molecule has 1 aliphatic heterocycles. The average molecular weight is 503 g/mol. The van der Waals surface area contributed by atoms with Gasteiger partial charge in [-0.25, -0.2) is 0 Å². The minimum Gasteiger partial charge on any atom is -0.420 e. The van der Waals surface area contributed by atoms with Crippen LogP contribution in [0.5, 0.6) is 5.75 Å². The van der Waals surface area contributed by atoms with E-state index in [1.807, 2.05) is 0 Å². The number of carbonyl (C=O) groups excluding carboxylic acids is 2. The highest BCUT2D eigenvalue weighted by molar-refractivity contribution is 6.20. The highest BCUT2D eigenvalue weighted by Gasteiger charge is 2.32. The summed E-state index contributed by atoms with van der Waals surface area (Å²) in [5.74, 6) is -0.860. The molecule has 0 spiro atoms. The average Bonchev–Trinajstić information content (AvgIpc) is 3.07. The molecule has 2 amide bonds. The number of amides is 2. The second-order valence-corrected chi connectivity index (χ2v) is 9.12. The molecular formula is C24H21ClF2N4O4. The van der Waals surface area contributed by atoms with Crippen LogP contribution in [0.4, 0.5) is 14.5 Å². The largest absolute Gasteiger partial charge is 0.487 e. The number of anilines is 1. The Bertz CT molecular complexity index is 1270. The fourth-order valence-corrected chi connectivity index (χ4v) is 3.73. The topological polar surface area (TPSA) is 105 Å². The highest BCUT2D eigenvalue weighted by atomic mass is 35.5. The first-order valence-electron chi connectivity index (χ1n) is 10.5. The van der Waals surface area contributed by atoms with Crippen LogP contribution in [0, 0.1) is 0 Å². The number of aliphatic hydroxyl groups is 1. The quantitative estimate of drug-likeness (QED) is 0.467. The van der Waals surface area contributed by atoms with Crippen molar-refractivity contribution in [1.29, 1.82) is 0 Å². The summed E-state index contributed by atoms with van der Waals surface area (Å²) in [6, 6.07) is 8.57. The normalized spacial score (nSPS) is 13.5. The molecule has 1 aromatic carbocycles. The van der Waals surface area contributed by atoms with Crippen molar-refractivity contribution in [3.8, 4) is 16.9 Å². The summed E-state index contributed by atoms with van der Waals surface area (Å²) in [6.45, 7) is 3.75. The number of benzene rings is 1. The SMILES string of the molecule is CC(C)(O)CN1Cc2ncc(-c3cncc(C(=O)Nc4ccc(OC(F)(F)Cl)cc4)c3)cc2C1=O. The number of ether oxygens (including phenoxy) is 1. The molecule has 0 fully saturated rings. The number of fused-ring (bicyclic) bond motifs is 1. The third-order valence-electron chi connectivity index (χ3n) is 5.09. The van der Waals surface area contributed by atoms with E-state index >= 15 is 0 Å². The molecule has 0 radical (unpaired) electrons. The number of pyridine rings is 2. The van der Waals surface area contributed by atoms with E-state index in [9.17, 15) is 23.5 Å². The molecule has 0 atom stereocenters. The van der Waals surface area contributed by atoms with Gasteiger partial charge in [0, 0.05) is 53.6 Å². The molecule has 8 nitrogen and oxygen atoms in total. The van der Waals surface area contributed by atoms with E-state index in [0.29, 0.717) is 34.6 Å². The fourth-order valence-electron chi connectivity index (χ4n) is 3.65. The number of nitrogens with one attached hydrogen (secondary N) is 1. The number of nitrogens with zero attached hydrogens (tertiary/aromatic N) is 3. The van der Waals surface area contributed by atoms with Gasteiger partial charge in [-0.05, 0) is 50.2 Å². The molecular weight excluding hydrogens is 482 g/mol. The maximum atomic E-state index is 12.8. The van der Waals surface area contributed by atoms with Crippen molar-refractivity contribution in [2.45, 2.75) is 31.6 Å². The Balaban J connectivity index is 1.49. The highest BCUT2D eigenvalue weighted by Crippen LogP contribution is 2.29. The first-order valence-corrected chi connectivity index (χ1v) is 10.9. The van der Waals surface area contributed by atoms with Gasteiger partial charge in [-0.1, -0.05) is 0 Å². The second kappa shape index (κ2) is 9.20. The molecule has 3 heterocycles. The lowest BCUT2D eigenvalue weighted by molar-refractivity contribution is -0.0964. The van der Waals surface area contributed by atoms with E-state index in [1.165, 1.54) is 35.4 Å². The summed E-state index contributed by atoms with van der Waals surface area (Å²) in [6.07, 6.45) is 4.53. The van der Waals surface area contributed by atoms with Crippen LogP contribution in [0.15, 0.2) is 55.0 Å².